The zero-order valence-corrected chi connectivity index (χ0v) is 16.5. The molecule has 2 heterocycles. The maximum Gasteiger partial charge on any atom is 0.252 e. The molecule has 0 aliphatic carbocycles. The average molecular weight is 408 g/mol. The van der Waals surface area contributed by atoms with Crippen molar-refractivity contribution in [3.05, 3.63) is 46.8 Å². The third-order valence-electron chi connectivity index (χ3n) is 4.70. The second-order valence-electron chi connectivity index (χ2n) is 6.47. The lowest BCUT2D eigenvalue weighted by Crippen LogP contribution is -2.43. The Morgan fingerprint density at radius 1 is 1.26 bits per heavy atom. The quantitative estimate of drug-likeness (QED) is 0.792. The van der Waals surface area contributed by atoms with Gasteiger partial charge in [0.2, 0.25) is 11.8 Å². The molecule has 1 saturated heterocycles. The van der Waals surface area contributed by atoms with Crippen molar-refractivity contribution in [1.82, 2.24) is 4.31 Å². The summed E-state index contributed by atoms with van der Waals surface area (Å²) in [5.41, 5.74) is 6.79. The van der Waals surface area contributed by atoms with Gasteiger partial charge < -0.3 is 11.1 Å². The third kappa shape index (κ3) is 4.05. The van der Waals surface area contributed by atoms with Gasteiger partial charge in [-0.3, -0.25) is 9.59 Å². The molecule has 0 spiro atoms. The van der Waals surface area contributed by atoms with Crippen molar-refractivity contribution in [3.63, 3.8) is 0 Å². The van der Waals surface area contributed by atoms with E-state index in [-0.39, 0.29) is 16.7 Å². The number of carbonyl (C=O) groups excluding carboxylic acids is 2. The fourth-order valence-electron chi connectivity index (χ4n) is 3.19. The molecule has 7 nitrogen and oxygen atoms in total. The number of hydrogen-bond acceptors (Lipinski definition) is 5. The van der Waals surface area contributed by atoms with Gasteiger partial charge in [0.25, 0.3) is 10.0 Å². The lowest BCUT2D eigenvalue weighted by molar-refractivity contribution is -0.120. The minimum absolute atomic E-state index is 0.140. The zero-order chi connectivity index (χ0) is 19.6. The molecule has 3 rings (SSSR count). The lowest BCUT2D eigenvalue weighted by Gasteiger charge is -2.31. The molecule has 1 aliphatic rings. The molecule has 1 atom stereocenters. The second-order valence-corrected chi connectivity index (χ2v) is 9.58. The van der Waals surface area contributed by atoms with Gasteiger partial charge in [-0.05, 0) is 48.9 Å². The number of hydrogen-bond donors (Lipinski definition) is 2. The van der Waals surface area contributed by atoms with Gasteiger partial charge in [-0.2, -0.15) is 4.31 Å². The molecule has 9 heteroatoms. The third-order valence-corrected chi connectivity index (χ3v) is 7.94. The van der Waals surface area contributed by atoms with Crippen LogP contribution in [0, 0.1) is 12.8 Å². The molecule has 2 amide bonds. The molecule has 1 aliphatic heterocycles. The number of sulfonamides is 1. The molecular weight excluding hydrogens is 386 g/mol. The molecule has 0 unspecified atom stereocenters. The van der Waals surface area contributed by atoms with E-state index in [0.717, 1.165) is 0 Å². The predicted molar refractivity (Wildman–Crippen MR) is 104 cm³/mol. The van der Waals surface area contributed by atoms with E-state index in [9.17, 15) is 18.0 Å². The minimum atomic E-state index is -3.57. The number of benzene rings is 1. The number of anilines is 1. The van der Waals surface area contributed by atoms with Gasteiger partial charge in [-0.25, -0.2) is 8.42 Å². The maximum absolute atomic E-state index is 12.7. The van der Waals surface area contributed by atoms with Crippen LogP contribution in [0.3, 0.4) is 0 Å². The van der Waals surface area contributed by atoms with Crippen LogP contribution >= 0.6 is 11.3 Å². The van der Waals surface area contributed by atoms with Crippen LogP contribution in [0.4, 0.5) is 5.69 Å². The number of nitrogens with two attached hydrogens (primary N) is 1. The molecular formula is C18H21N3O4S2. The maximum atomic E-state index is 12.7. The Morgan fingerprint density at radius 2 is 2.04 bits per heavy atom. The van der Waals surface area contributed by atoms with Crippen LogP contribution in [0.1, 0.15) is 28.8 Å². The molecule has 0 bridgehead atoms. The Bertz CT molecular complexity index is 955. The van der Waals surface area contributed by atoms with E-state index in [1.54, 1.807) is 42.6 Å². The van der Waals surface area contributed by atoms with E-state index < -0.39 is 21.8 Å². The summed E-state index contributed by atoms with van der Waals surface area (Å²) < 4.78 is 27.1. The van der Waals surface area contributed by atoms with Gasteiger partial charge in [-0.15, -0.1) is 11.3 Å². The first kappa shape index (κ1) is 19.5. The highest BCUT2D eigenvalue weighted by Crippen LogP contribution is 2.27. The molecule has 1 fully saturated rings. The first-order chi connectivity index (χ1) is 12.8. The highest BCUT2D eigenvalue weighted by Gasteiger charge is 2.34. The summed E-state index contributed by atoms with van der Waals surface area (Å²) in [7, 11) is -3.57. The van der Waals surface area contributed by atoms with Gasteiger partial charge in [-0.1, -0.05) is 12.1 Å². The van der Waals surface area contributed by atoms with Crippen LogP contribution in [0.5, 0.6) is 0 Å². The van der Waals surface area contributed by atoms with Crippen molar-refractivity contribution < 1.29 is 18.0 Å². The van der Waals surface area contributed by atoms with Gasteiger partial charge in [0.1, 0.15) is 4.21 Å². The highest BCUT2D eigenvalue weighted by molar-refractivity contribution is 7.91. The summed E-state index contributed by atoms with van der Waals surface area (Å²) in [5, 5.41) is 4.53. The number of primary amides is 1. The fourth-order valence-corrected chi connectivity index (χ4v) is 5.85. The van der Waals surface area contributed by atoms with Crippen LogP contribution in [0.2, 0.25) is 0 Å². The van der Waals surface area contributed by atoms with E-state index in [1.807, 2.05) is 0 Å². The monoisotopic (exact) mass is 407 g/mol. The van der Waals surface area contributed by atoms with Gasteiger partial charge in [0.15, 0.2) is 0 Å². The second kappa shape index (κ2) is 7.79. The summed E-state index contributed by atoms with van der Waals surface area (Å²) in [6.07, 6.45) is 1.22. The van der Waals surface area contributed by atoms with Gasteiger partial charge in [0.05, 0.1) is 5.92 Å². The molecule has 0 radical (unpaired) electrons. The van der Waals surface area contributed by atoms with E-state index in [1.165, 1.54) is 15.6 Å². The van der Waals surface area contributed by atoms with Gasteiger partial charge >= 0.3 is 0 Å². The van der Waals surface area contributed by atoms with Crippen molar-refractivity contribution >= 4 is 38.9 Å². The highest BCUT2D eigenvalue weighted by atomic mass is 32.2. The van der Waals surface area contributed by atoms with E-state index in [2.05, 4.69) is 5.32 Å². The molecule has 27 heavy (non-hydrogen) atoms. The van der Waals surface area contributed by atoms with Crippen LogP contribution in [-0.2, 0) is 14.8 Å². The zero-order valence-electron chi connectivity index (χ0n) is 14.8. The van der Waals surface area contributed by atoms with E-state index in [0.29, 0.717) is 36.2 Å². The Morgan fingerprint density at radius 3 is 2.70 bits per heavy atom. The lowest BCUT2D eigenvalue weighted by atomic mass is 9.98. The number of nitrogens with one attached hydrogen (secondary N) is 1. The summed E-state index contributed by atoms with van der Waals surface area (Å²) in [4.78, 5) is 24.2. The van der Waals surface area contributed by atoms with E-state index in [4.69, 9.17) is 5.73 Å². The first-order valence-corrected chi connectivity index (χ1v) is 10.9. The molecule has 3 N–H and O–H groups in total. The first-order valence-electron chi connectivity index (χ1n) is 8.54. The van der Waals surface area contributed by atoms with E-state index >= 15 is 0 Å². The standard InChI is InChI=1S/C18H21N3O4S2/c1-12-14(17(19)22)6-2-7-15(12)20-18(23)13-5-3-9-21(11-13)27(24,25)16-8-4-10-26-16/h2,4,6-8,10,13H,3,5,9,11H2,1H3,(H2,19,22)(H,20,23)/t13-/m0/s1. The minimum Gasteiger partial charge on any atom is -0.366 e. The summed E-state index contributed by atoms with van der Waals surface area (Å²) in [6, 6.07) is 8.21. The summed E-state index contributed by atoms with van der Waals surface area (Å²) in [6.45, 7) is 2.25. The number of amides is 2. The summed E-state index contributed by atoms with van der Waals surface area (Å²) in [5.74, 6) is -1.27. The smallest absolute Gasteiger partial charge is 0.252 e. The number of rotatable bonds is 5. The van der Waals surface area contributed by atoms with Crippen LogP contribution < -0.4 is 11.1 Å². The van der Waals surface area contributed by atoms with Crippen molar-refractivity contribution in [3.8, 4) is 0 Å². The predicted octanol–water partition coefficient (Wildman–Crippen LogP) is 2.19. The number of thiophene rings is 1. The molecule has 1 aromatic heterocycles. The number of nitrogens with zero attached hydrogens (tertiary/aromatic N) is 1. The SMILES string of the molecule is Cc1c(NC(=O)[C@H]2CCCN(S(=O)(=O)c3cccs3)C2)cccc1C(N)=O. The van der Waals surface area contributed by atoms with Crippen molar-refractivity contribution in [2.75, 3.05) is 18.4 Å². The summed E-state index contributed by atoms with van der Waals surface area (Å²) >= 11 is 1.17. The van der Waals surface area contributed by atoms with Crippen LogP contribution in [-0.4, -0.2) is 37.6 Å². The normalized spacial score (nSPS) is 18.2. The largest absolute Gasteiger partial charge is 0.366 e. The topological polar surface area (TPSA) is 110 Å². The Kier molecular flexibility index (Phi) is 5.64. The number of piperidine rings is 1. The molecule has 1 aromatic carbocycles. The molecule has 0 saturated carbocycles. The average Bonchev–Trinajstić information content (AvgIpc) is 3.19. The Balaban J connectivity index is 1.75. The Labute approximate surface area is 162 Å². The van der Waals surface area contributed by atoms with Crippen molar-refractivity contribution in [2.45, 2.75) is 24.0 Å². The van der Waals surface area contributed by atoms with Crippen LogP contribution in [0.15, 0.2) is 39.9 Å². The van der Waals surface area contributed by atoms with Crippen molar-refractivity contribution in [2.24, 2.45) is 11.7 Å². The molecule has 2 aromatic rings. The van der Waals surface area contributed by atoms with Crippen molar-refractivity contribution in [1.29, 1.82) is 0 Å². The fraction of sp³-hybridized carbons (Fsp3) is 0.333. The molecule has 144 valence electrons. The number of carbonyl (C=O) groups is 2. The Hall–Kier alpha value is -2.23. The van der Waals surface area contributed by atoms with Gasteiger partial charge in [0, 0.05) is 24.3 Å². The van der Waals surface area contributed by atoms with Crippen LogP contribution in [0.25, 0.3) is 0 Å².